The molecule has 0 amide bonds. The van der Waals surface area contributed by atoms with Gasteiger partial charge in [-0.3, -0.25) is 0 Å². The number of benzene rings is 1. The van der Waals surface area contributed by atoms with Crippen LogP contribution >= 0.6 is 23.8 Å². The Bertz CT molecular complexity index is 449. The third kappa shape index (κ3) is 3.15. The van der Waals surface area contributed by atoms with E-state index in [9.17, 15) is 0 Å². The minimum absolute atomic E-state index is 0.250. The van der Waals surface area contributed by atoms with Gasteiger partial charge in [-0.05, 0) is 37.3 Å². The molecule has 2 rings (SSSR count). The predicted octanol–water partition coefficient (Wildman–Crippen LogP) is 3.93. The van der Waals surface area contributed by atoms with Crippen molar-refractivity contribution in [2.45, 2.75) is 38.7 Å². The molecule has 0 saturated heterocycles. The molecule has 1 aliphatic rings. The van der Waals surface area contributed by atoms with Crippen LogP contribution in [0.5, 0.6) is 5.75 Å². The Morgan fingerprint density at radius 2 is 2.22 bits per heavy atom. The van der Waals surface area contributed by atoms with Crippen LogP contribution in [0.25, 0.3) is 0 Å². The van der Waals surface area contributed by atoms with Gasteiger partial charge in [0.25, 0.3) is 0 Å². The van der Waals surface area contributed by atoms with Crippen LogP contribution in [0.4, 0.5) is 0 Å². The van der Waals surface area contributed by atoms with E-state index in [2.05, 4.69) is 6.92 Å². The van der Waals surface area contributed by atoms with Crippen LogP contribution in [0, 0.1) is 5.92 Å². The van der Waals surface area contributed by atoms with Crippen molar-refractivity contribution in [3.8, 4) is 5.75 Å². The second-order valence-electron chi connectivity index (χ2n) is 4.99. The SMILES string of the molecule is CC1CCCC(Oc2cccc(Cl)c2C(N)=S)C1. The van der Waals surface area contributed by atoms with E-state index in [0.717, 1.165) is 18.8 Å². The molecule has 1 fully saturated rings. The van der Waals surface area contributed by atoms with Gasteiger partial charge in [0, 0.05) is 0 Å². The second-order valence-corrected chi connectivity index (χ2v) is 5.84. The molecule has 0 radical (unpaired) electrons. The smallest absolute Gasteiger partial charge is 0.131 e. The van der Waals surface area contributed by atoms with Gasteiger partial charge in [0.05, 0.1) is 16.7 Å². The lowest BCUT2D eigenvalue weighted by Crippen LogP contribution is -2.25. The molecular formula is C14H18ClNOS. The number of halogens is 1. The molecule has 1 aromatic rings. The molecule has 1 aromatic carbocycles. The fourth-order valence-corrected chi connectivity index (χ4v) is 3.04. The average Bonchev–Trinajstić information content (AvgIpc) is 2.28. The largest absolute Gasteiger partial charge is 0.490 e. The summed E-state index contributed by atoms with van der Waals surface area (Å²) in [4.78, 5) is 0.291. The quantitative estimate of drug-likeness (QED) is 0.854. The van der Waals surface area contributed by atoms with Crippen LogP contribution in [0.3, 0.4) is 0 Å². The van der Waals surface area contributed by atoms with Crippen molar-refractivity contribution in [3.05, 3.63) is 28.8 Å². The summed E-state index contributed by atoms with van der Waals surface area (Å²) in [5.41, 5.74) is 6.37. The first kappa shape index (κ1) is 13.6. The van der Waals surface area contributed by atoms with Crippen LogP contribution < -0.4 is 10.5 Å². The topological polar surface area (TPSA) is 35.2 Å². The standard InChI is InChI=1S/C14H18ClNOS/c1-9-4-2-5-10(8-9)17-12-7-3-6-11(15)13(12)14(16)18/h3,6-7,9-10H,2,4-5,8H2,1H3,(H2,16,18). The maximum absolute atomic E-state index is 6.12. The summed E-state index contributed by atoms with van der Waals surface area (Å²) in [7, 11) is 0. The number of ether oxygens (including phenoxy) is 1. The Morgan fingerprint density at radius 1 is 1.44 bits per heavy atom. The first-order chi connectivity index (χ1) is 8.58. The van der Waals surface area contributed by atoms with Crippen LogP contribution in [-0.2, 0) is 0 Å². The Balaban J connectivity index is 2.18. The summed E-state index contributed by atoms with van der Waals surface area (Å²) in [6.45, 7) is 2.27. The molecule has 0 aliphatic heterocycles. The monoisotopic (exact) mass is 283 g/mol. The van der Waals surface area contributed by atoms with Crippen molar-refractivity contribution in [1.82, 2.24) is 0 Å². The molecule has 2 atom stereocenters. The molecule has 98 valence electrons. The zero-order chi connectivity index (χ0) is 13.1. The summed E-state index contributed by atoms with van der Waals surface area (Å²) in [6.07, 6.45) is 4.93. The highest BCUT2D eigenvalue weighted by atomic mass is 35.5. The molecule has 0 heterocycles. The first-order valence-electron chi connectivity index (χ1n) is 6.33. The van der Waals surface area contributed by atoms with Gasteiger partial charge >= 0.3 is 0 Å². The average molecular weight is 284 g/mol. The van der Waals surface area contributed by atoms with E-state index < -0.39 is 0 Å². The third-order valence-electron chi connectivity index (χ3n) is 3.40. The van der Waals surface area contributed by atoms with Crippen molar-refractivity contribution >= 4 is 28.8 Å². The summed E-state index contributed by atoms with van der Waals surface area (Å²) in [5.74, 6) is 1.44. The van der Waals surface area contributed by atoms with E-state index in [-0.39, 0.29) is 6.10 Å². The van der Waals surface area contributed by atoms with E-state index >= 15 is 0 Å². The van der Waals surface area contributed by atoms with Gasteiger partial charge in [0.15, 0.2) is 0 Å². The molecule has 0 spiro atoms. The van der Waals surface area contributed by atoms with Crippen molar-refractivity contribution < 1.29 is 4.74 Å². The van der Waals surface area contributed by atoms with Crippen molar-refractivity contribution in [1.29, 1.82) is 0 Å². The molecule has 1 aliphatic carbocycles. The third-order valence-corrected chi connectivity index (χ3v) is 3.92. The Labute approximate surface area is 118 Å². The fourth-order valence-electron chi connectivity index (χ4n) is 2.51. The minimum atomic E-state index is 0.250. The molecular weight excluding hydrogens is 266 g/mol. The lowest BCUT2D eigenvalue weighted by molar-refractivity contribution is 0.129. The van der Waals surface area contributed by atoms with Gasteiger partial charge in [-0.25, -0.2) is 0 Å². The van der Waals surface area contributed by atoms with Gasteiger partial charge in [0.2, 0.25) is 0 Å². The summed E-state index contributed by atoms with van der Waals surface area (Å²) >= 11 is 11.2. The first-order valence-corrected chi connectivity index (χ1v) is 7.11. The van der Waals surface area contributed by atoms with Crippen molar-refractivity contribution in [2.75, 3.05) is 0 Å². The Hall–Kier alpha value is -0.800. The van der Waals surface area contributed by atoms with E-state index in [4.69, 9.17) is 34.3 Å². The van der Waals surface area contributed by atoms with Crippen LogP contribution in [0.2, 0.25) is 5.02 Å². The highest BCUT2D eigenvalue weighted by Crippen LogP contribution is 2.31. The van der Waals surface area contributed by atoms with E-state index in [1.54, 1.807) is 6.07 Å². The molecule has 4 heteroatoms. The molecule has 0 aromatic heterocycles. The number of nitrogens with two attached hydrogens (primary N) is 1. The molecule has 2 N–H and O–H groups in total. The summed E-state index contributed by atoms with van der Waals surface area (Å²) in [6, 6.07) is 5.54. The van der Waals surface area contributed by atoms with Gasteiger partial charge in [-0.15, -0.1) is 0 Å². The zero-order valence-corrected chi connectivity index (χ0v) is 12.1. The van der Waals surface area contributed by atoms with Gasteiger partial charge in [0.1, 0.15) is 10.7 Å². The minimum Gasteiger partial charge on any atom is -0.490 e. The van der Waals surface area contributed by atoms with Gasteiger partial charge < -0.3 is 10.5 Å². The van der Waals surface area contributed by atoms with E-state index in [1.165, 1.54) is 12.8 Å². The van der Waals surface area contributed by atoms with Crippen LogP contribution in [0.15, 0.2) is 18.2 Å². The Morgan fingerprint density at radius 3 is 2.89 bits per heavy atom. The molecule has 1 saturated carbocycles. The highest BCUT2D eigenvalue weighted by molar-refractivity contribution is 7.80. The normalized spacial score (nSPS) is 23.7. The zero-order valence-electron chi connectivity index (χ0n) is 10.5. The lowest BCUT2D eigenvalue weighted by Gasteiger charge is -2.28. The molecule has 2 unspecified atom stereocenters. The number of hydrogen-bond donors (Lipinski definition) is 1. The molecule has 2 nitrogen and oxygen atoms in total. The maximum Gasteiger partial charge on any atom is 0.131 e. The number of thiocarbonyl (C=S) groups is 1. The van der Waals surface area contributed by atoms with Crippen molar-refractivity contribution in [3.63, 3.8) is 0 Å². The Kier molecular flexibility index (Phi) is 4.46. The van der Waals surface area contributed by atoms with Crippen LogP contribution in [0.1, 0.15) is 38.2 Å². The fraction of sp³-hybridized carbons (Fsp3) is 0.500. The van der Waals surface area contributed by atoms with E-state index in [1.807, 2.05) is 12.1 Å². The predicted molar refractivity (Wildman–Crippen MR) is 79.4 cm³/mol. The number of rotatable bonds is 3. The molecule has 0 bridgehead atoms. The second kappa shape index (κ2) is 5.89. The summed E-state index contributed by atoms with van der Waals surface area (Å²) < 4.78 is 6.05. The number of hydrogen-bond acceptors (Lipinski definition) is 2. The highest BCUT2D eigenvalue weighted by Gasteiger charge is 2.22. The summed E-state index contributed by atoms with van der Waals surface area (Å²) in [5, 5.41) is 0.559. The van der Waals surface area contributed by atoms with Crippen LogP contribution in [-0.4, -0.2) is 11.1 Å². The maximum atomic E-state index is 6.12. The van der Waals surface area contributed by atoms with Crippen molar-refractivity contribution in [2.24, 2.45) is 11.7 Å². The van der Waals surface area contributed by atoms with Gasteiger partial charge in [-0.1, -0.05) is 43.2 Å². The van der Waals surface area contributed by atoms with E-state index in [0.29, 0.717) is 21.3 Å². The van der Waals surface area contributed by atoms with Gasteiger partial charge in [-0.2, -0.15) is 0 Å². The molecule has 18 heavy (non-hydrogen) atoms. The lowest BCUT2D eigenvalue weighted by atomic mass is 9.88.